The average molecular weight is 472 g/mol. The molecule has 4 rings (SSSR count). The Bertz CT molecular complexity index is 1190. The van der Waals surface area contributed by atoms with Gasteiger partial charge in [-0.1, -0.05) is 30.4 Å². The fourth-order valence-electron chi connectivity index (χ4n) is 3.97. The second-order valence-electron chi connectivity index (χ2n) is 7.65. The van der Waals surface area contributed by atoms with E-state index in [1.807, 2.05) is 18.2 Å². The van der Waals surface area contributed by atoms with Gasteiger partial charge in [0.2, 0.25) is 0 Å². The van der Waals surface area contributed by atoms with Crippen LogP contribution in [0.15, 0.2) is 30.3 Å². The molecule has 9 nitrogen and oxygen atoms in total. The van der Waals surface area contributed by atoms with Crippen LogP contribution in [0.5, 0.6) is 11.5 Å². The van der Waals surface area contributed by atoms with Gasteiger partial charge in [-0.2, -0.15) is 0 Å². The molecule has 2 heterocycles. The molecule has 174 valence electrons. The molecule has 1 fully saturated rings. The minimum Gasteiger partial charge on any atom is -0.493 e. The summed E-state index contributed by atoms with van der Waals surface area (Å²) >= 11 is 1.39. The van der Waals surface area contributed by atoms with E-state index in [2.05, 4.69) is 6.92 Å². The summed E-state index contributed by atoms with van der Waals surface area (Å²) in [5.74, 6) is -0.115. The number of aryl methyl sites for hydroxylation is 1. The summed E-state index contributed by atoms with van der Waals surface area (Å²) in [5.41, 5.74) is 1.47. The number of carbonyl (C=O) groups excluding carboxylic acids is 1. The smallest absolute Gasteiger partial charge is 0.286 e. The van der Waals surface area contributed by atoms with E-state index in [0.717, 1.165) is 35.0 Å². The number of amides is 1. The topological polar surface area (TPSA) is 104 Å². The number of nitrogens with zero attached hydrogens (tertiary/aromatic N) is 3. The van der Waals surface area contributed by atoms with E-state index in [9.17, 15) is 14.9 Å². The molecule has 0 N–H and O–H groups in total. The van der Waals surface area contributed by atoms with Crippen LogP contribution in [0.25, 0.3) is 10.2 Å². The number of fused-ring (bicyclic) bond motifs is 1. The first-order valence-corrected chi connectivity index (χ1v) is 11.5. The molecule has 1 unspecified atom stereocenters. The number of aromatic nitrogens is 1. The van der Waals surface area contributed by atoms with Gasteiger partial charge in [0.25, 0.3) is 11.6 Å². The fourth-order valence-corrected chi connectivity index (χ4v) is 4.99. The molecule has 33 heavy (non-hydrogen) atoms. The molecule has 0 radical (unpaired) electrons. The van der Waals surface area contributed by atoms with Crippen LogP contribution in [-0.2, 0) is 11.2 Å². The van der Waals surface area contributed by atoms with Crippen molar-refractivity contribution in [2.24, 2.45) is 0 Å². The zero-order chi connectivity index (χ0) is 23.5. The van der Waals surface area contributed by atoms with Gasteiger partial charge in [0.15, 0.2) is 16.6 Å². The first-order chi connectivity index (χ1) is 16.0. The Morgan fingerprint density at radius 1 is 1.30 bits per heavy atom. The molecule has 1 atom stereocenters. The zero-order valence-corrected chi connectivity index (χ0v) is 19.5. The molecule has 0 bridgehead atoms. The molecule has 0 aliphatic carbocycles. The van der Waals surface area contributed by atoms with Gasteiger partial charge in [0.05, 0.1) is 48.1 Å². The lowest BCUT2D eigenvalue weighted by molar-refractivity contribution is -0.385. The van der Waals surface area contributed by atoms with E-state index < -0.39 is 10.8 Å². The number of anilines is 1. The number of hydrogen-bond acceptors (Lipinski definition) is 8. The minimum atomic E-state index is -0.590. The summed E-state index contributed by atoms with van der Waals surface area (Å²) < 4.78 is 17.2. The van der Waals surface area contributed by atoms with Gasteiger partial charge in [-0.05, 0) is 30.9 Å². The molecule has 1 amide bonds. The number of nitro groups is 1. The number of methoxy groups -OCH3 is 2. The van der Waals surface area contributed by atoms with Crippen LogP contribution in [0, 0.1) is 10.1 Å². The Morgan fingerprint density at radius 2 is 2.06 bits per heavy atom. The molecule has 0 spiro atoms. The molecule has 1 aliphatic heterocycles. The number of hydrogen-bond donors (Lipinski definition) is 0. The van der Waals surface area contributed by atoms with Gasteiger partial charge in [-0.15, -0.1) is 0 Å². The highest BCUT2D eigenvalue weighted by atomic mass is 32.1. The lowest BCUT2D eigenvalue weighted by atomic mass is 10.1. The monoisotopic (exact) mass is 471 g/mol. The van der Waals surface area contributed by atoms with Crippen molar-refractivity contribution in [3.05, 3.63) is 51.6 Å². The van der Waals surface area contributed by atoms with Crippen LogP contribution >= 0.6 is 11.3 Å². The summed E-state index contributed by atoms with van der Waals surface area (Å²) in [6, 6.07) is 8.51. The van der Waals surface area contributed by atoms with E-state index >= 15 is 0 Å². The van der Waals surface area contributed by atoms with E-state index in [0.29, 0.717) is 11.7 Å². The molecule has 3 aromatic rings. The Labute approximate surface area is 195 Å². The van der Waals surface area contributed by atoms with Crippen molar-refractivity contribution in [3.63, 3.8) is 0 Å². The van der Waals surface area contributed by atoms with E-state index in [1.54, 1.807) is 0 Å². The number of para-hydroxylation sites is 1. The average Bonchev–Trinajstić information content (AvgIpc) is 3.50. The summed E-state index contributed by atoms with van der Waals surface area (Å²) in [5, 5.41) is 12.3. The summed E-state index contributed by atoms with van der Waals surface area (Å²) in [7, 11) is 2.81. The van der Waals surface area contributed by atoms with Crippen LogP contribution in [0.3, 0.4) is 0 Å². The fraction of sp³-hybridized carbons (Fsp3) is 0.391. The van der Waals surface area contributed by atoms with Gasteiger partial charge in [-0.3, -0.25) is 19.8 Å². The largest absolute Gasteiger partial charge is 0.493 e. The maximum Gasteiger partial charge on any atom is 0.286 e. The van der Waals surface area contributed by atoms with Gasteiger partial charge in [-0.25, -0.2) is 4.98 Å². The lowest BCUT2D eigenvalue weighted by Crippen LogP contribution is -2.37. The number of rotatable bonds is 8. The molecular formula is C23H25N3O6S. The highest BCUT2D eigenvalue weighted by Gasteiger charge is 2.32. The summed E-state index contributed by atoms with van der Waals surface area (Å²) in [6.07, 6.45) is 2.36. The Hall–Kier alpha value is -3.24. The van der Waals surface area contributed by atoms with Crippen molar-refractivity contribution in [1.29, 1.82) is 0 Å². The Kier molecular flexibility index (Phi) is 6.75. The molecule has 10 heteroatoms. The van der Waals surface area contributed by atoms with Crippen LogP contribution in [-0.4, -0.2) is 49.3 Å². The first kappa shape index (κ1) is 22.9. The molecule has 0 saturated carbocycles. The van der Waals surface area contributed by atoms with Crippen LogP contribution < -0.4 is 14.4 Å². The number of nitro benzene ring substituents is 1. The van der Waals surface area contributed by atoms with Crippen molar-refractivity contribution in [2.45, 2.75) is 32.3 Å². The number of benzene rings is 2. The molecule has 1 saturated heterocycles. The molecule has 1 aromatic heterocycles. The minimum absolute atomic E-state index is 0.0920. The third kappa shape index (κ3) is 4.49. The third-order valence-electron chi connectivity index (χ3n) is 5.69. The van der Waals surface area contributed by atoms with E-state index in [4.69, 9.17) is 19.2 Å². The maximum atomic E-state index is 13.8. The second kappa shape index (κ2) is 9.72. The molecule has 1 aliphatic rings. The predicted octanol–water partition coefficient (Wildman–Crippen LogP) is 4.61. The number of ether oxygens (including phenoxy) is 3. The quantitative estimate of drug-likeness (QED) is 0.349. The van der Waals surface area contributed by atoms with Crippen molar-refractivity contribution in [2.75, 3.05) is 32.3 Å². The maximum absolute atomic E-state index is 13.8. The highest BCUT2D eigenvalue weighted by Crippen LogP contribution is 2.37. The highest BCUT2D eigenvalue weighted by molar-refractivity contribution is 7.22. The molecular weight excluding hydrogens is 446 g/mol. The Balaban J connectivity index is 1.83. The van der Waals surface area contributed by atoms with E-state index in [-0.39, 0.29) is 35.4 Å². The molecule has 2 aromatic carbocycles. The van der Waals surface area contributed by atoms with Gasteiger partial charge >= 0.3 is 0 Å². The summed E-state index contributed by atoms with van der Waals surface area (Å²) in [4.78, 5) is 31.3. The normalized spacial score (nSPS) is 15.5. The lowest BCUT2D eigenvalue weighted by Gasteiger charge is -2.23. The van der Waals surface area contributed by atoms with Crippen molar-refractivity contribution >= 4 is 38.3 Å². The Morgan fingerprint density at radius 3 is 2.70 bits per heavy atom. The zero-order valence-electron chi connectivity index (χ0n) is 18.7. The predicted molar refractivity (Wildman–Crippen MR) is 126 cm³/mol. The van der Waals surface area contributed by atoms with Crippen LogP contribution in [0.4, 0.5) is 10.8 Å². The first-order valence-electron chi connectivity index (χ1n) is 10.7. The number of thiazole rings is 1. The van der Waals surface area contributed by atoms with Gasteiger partial charge in [0.1, 0.15) is 5.56 Å². The van der Waals surface area contributed by atoms with Crippen molar-refractivity contribution in [1.82, 2.24) is 4.98 Å². The second-order valence-corrected chi connectivity index (χ2v) is 8.66. The van der Waals surface area contributed by atoms with E-state index in [1.165, 1.54) is 42.6 Å². The SMILES string of the molecule is CCc1cccc2sc(N(CC3CCCO3)C(=O)c3cc(OC)c(OC)cc3[N+](=O)[O-])nc12. The van der Waals surface area contributed by atoms with Crippen molar-refractivity contribution < 1.29 is 23.9 Å². The summed E-state index contributed by atoms with van der Waals surface area (Å²) in [6.45, 7) is 2.94. The van der Waals surface area contributed by atoms with Crippen molar-refractivity contribution in [3.8, 4) is 11.5 Å². The standard InChI is InChI=1S/C23H25N3O6S/c1-4-14-7-5-9-20-21(14)24-23(33-20)25(13-15-8-6-10-32-15)22(27)16-11-18(30-2)19(31-3)12-17(16)26(28)29/h5,7,9,11-12,15H,4,6,8,10,13H2,1-3H3. The third-order valence-corrected chi connectivity index (χ3v) is 6.73. The van der Waals surface area contributed by atoms with Crippen LogP contribution in [0.2, 0.25) is 0 Å². The van der Waals surface area contributed by atoms with Gasteiger partial charge in [0, 0.05) is 12.7 Å². The van der Waals surface area contributed by atoms with Gasteiger partial charge < -0.3 is 14.2 Å². The van der Waals surface area contributed by atoms with Crippen LogP contribution in [0.1, 0.15) is 35.7 Å². The number of carbonyl (C=O) groups is 1.